The van der Waals surface area contributed by atoms with Crippen molar-refractivity contribution in [2.75, 3.05) is 5.43 Å². The van der Waals surface area contributed by atoms with Gasteiger partial charge in [-0.05, 0) is 35.2 Å². The molecular formula is C15H19ClN2. The topological polar surface area (TPSA) is 38.0 Å². The van der Waals surface area contributed by atoms with Crippen LogP contribution < -0.4 is 11.3 Å². The van der Waals surface area contributed by atoms with E-state index < -0.39 is 0 Å². The monoisotopic (exact) mass is 262 g/mol. The number of aryl methyl sites for hydroxylation is 1. The highest BCUT2D eigenvalue weighted by Crippen LogP contribution is 2.21. The highest BCUT2D eigenvalue weighted by Gasteiger charge is 1.98. The van der Waals surface area contributed by atoms with Crippen molar-refractivity contribution in [3.63, 3.8) is 0 Å². The molecule has 2 nitrogen and oxygen atoms in total. The molecule has 0 amide bonds. The molecule has 0 saturated carbocycles. The smallest absolute Gasteiger partial charge is 0.0485 e. The van der Waals surface area contributed by atoms with Crippen molar-refractivity contribution in [3.8, 4) is 11.1 Å². The van der Waals surface area contributed by atoms with E-state index in [4.69, 9.17) is 5.84 Å². The molecule has 0 atom stereocenters. The standard InChI is InChI=1S/C15H18N2.ClH/c1-2-3-12-4-6-13(7-5-12)14-8-10-15(17-16)11-9-14;/h4-11,17H,2-3,16H2,1H3;1H. The van der Waals surface area contributed by atoms with Crippen LogP contribution in [0.1, 0.15) is 18.9 Å². The van der Waals surface area contributed by atoms with E-state index in [1.807, 2.05) is 12.1 Å². The predicted molar refractivity (Wildman–Crippen MR) is 80.9 cm³/mol. The summed E-state index contributed by atoms with van der Waals surface area (Å²) in [6.07, 6.45) is 2.34. The number of hydrazine groups is 1. The molecule has 3 N–H and O–H groups in total. The number of nitrogens with two attached hydrogens (primary N) is 1. The van der Waals surface area contributed by atoms with Gasteiger partial charge in [0.25, 0.3) is 0 Å². The molecule has 18 heavy (non-hydrogen) atoms. The number of anilines is 1. The van der Waals surface area contributed by atoms with Gasteiger partial charge in [-0.2, -0.15) is 0 Å². The minimum atomic E-state index is 0. The van der Waals surface area contributed by atoms with Gasteiger partial charge in [0.05, 0.1) is 0 Å². The number of hydrogen-bond acceptors (Lipinski definition) is 2. The van der Waals surface area contributed by atoms with Crippen LogP contribution in [0, 0.1) is 0 Å². The summed E-state index contributed by atoms with van der Waals surface area (Å²) in [6.45, 7) is 2.20. The average molecular weight is 263 g/mol. The largest absolute Gasteiger partial charge is 0.324 e. The molecule has 0 aliphatic rings. The maximum Gasteiger partial charge on any atom is 0.0485 e. The number of rotatable bonds is 4. The quantitative estimate of drug-likeness (QED) is 0.645. The third-order valence-corrected chi connectivity index (χ3v) is 2.88. The van der Waals surface area contributed by atoms with Gasteiger partial charge in [-0.25, -0.2) is 0 Å². The third kappa shape index (κ3) is 3.49. The van der Waals surface area contributed by atoms with Crippen LogP contribution in [0.4, 0.5) is 5.69 Å². The molecule has 0 spiro atoms. The summed E-state index contributed by atoms with van der Waals surface area (Å²) in [5.74, 6) is 5.34. The lowest BCUT2D eigenvalue weighted by atomic mass is 10.0. The first-order valence-electron chi connectivity index (χ1n) is 5.99. The SMILES string of the molecule is CCCc1ccc(-c2ccc(NN)cc2)cc1.Cl. The molecule has 0 aromatic heterocycles. The Morgan fingerprint density at radius 2 is 1.39 bits per heavy atom. The Morgan fingerprint density at radius 3 is 1.83 bits per heavy atom. The van der Waals surface area contributed by atoms with Crippen LogP contribution in [-0.2, 0) is 6.42 Å². The molecule has 2 aromatic carbocycles. The number of benzene rings is 2. The van der Waals surface area contributed by atoms with E-state index in [2.05, 4.69) is 48.7 Å². The average Bonchev–Trinajstić information content (AvgIpc) is 2.40. The fourth-order valence-corrected chi connectivity index (χ4v) is 1.91. The number of nitrogens with one attached hydrogen (secondary N) is 1. The molecule has 96 valence electrons. The first kappa shape index (κ1) is 14.6. The molecule has 0 heterocycles. The van der Waals surface area contributed by atoms with Crippen molar-refractivity contribution in [3.05, 3.63) is 54.1 Å². The highest BCUT2D eigenvalue weighted by atomic mass is 35.5. The molecule has 2 rings (SSSR count). The van der Waals surface area contributed by atoms with Crippen LogP contribution in [0.5, 0.6) is 0 Å². The molecule has 0 unspecified atom stereocenters. The van der Waals surface area contributed by atoms with Crippen molar-refractivity contribution >= 4 is 18.1 Å². The van der Waals surface area contributed by atoms with Crippen molar-refractivity contribution in [2.24, 2.45) is 5.84 Å². The van der Waals surface area contributed by atoms with Gasteiger partial charge < -0.3 is 5.43 Å². The van der Waals surface area contributed by atoms with E-state index in [1.54, 1.807) is 0 Å². The maximum absolute atomic E-state index is 5.34. The zero-order valence-corrected chi connectivity index (χ0v) is 11.3. The van der Waals surface area contributed by atoms with E-state index in [1.165, 1.54) is 23.1 Å². The second-order valence-corrected chi connectivity index (χ2v) is 4.17. The second-order valence-electron chi connectivity index (χ2n) is 4.17. The van der Waals surface area contributed by atoms with Crippen molar-refractivity contribution in [1.29, 1.82) is 0 Å². The van der Waals surface area contributed by atoms with Crippen molar-refractivity contribution in [2.45, 2.75) is 19.8 Å². The Bertz CT molecular complexity index is 463. The van der Waals surface area contributed by atoms with Gasteiger partial charge in [0.1, 0.15) is 0 Å². The van der Waals surface area contributed by atoms with Crippen molar-refractivity contribution < 1.29 is 0 Å². The van der Waals surface area contributed by atoms with Crippen LogP contribution in [0.25, 0.3) is 11.1 Å². The maximum atomic E-state index is 5.34. The summed E-state index contributed by atoms with van der Waals surface area (Å²) >= 11 is 0. The van der Waals surface area contributed by atoms with Crippen LogP contribution >= 0.6 is 12.4 Å². The zero-order chi connectivity index (χ0) is 12.1. The molecule has 0 radical (unpaired) electrons. The van der Waals surface area contributed by atoms with Gasteiger partial charge in [-0.3, -0.25) is 5.84 Å². The van der Waals surface area contributed by atoms with E-state index >= 15 is 0 Å². The number of hydrogen-bond donors (Lipinski definition) is 2. The first-order valence-corrected chi connectivity index (χ1v) is 5.99. The molecule has 0 saturated heterocycles. The normalized spacial score (nSPS) is 9.67. The Balaban J connectivity index is 0.00000162. The Labute approximate surface area is 115 Å². The van der Waals surface area contributed by atoms with Crippen LogP contribution in [-0.4, -0.2) is 0 Å². The number of halogens is 1. The fraction of sp³-hybridized carbons (Fsp3) is 0.200. The summed E-state index contributed by atoms with van der Waals surface area (Å²) in [4.78, 5) is 0. The molecule has 0 bridgehead atoms. The third-order valence-electron chi connectivity index (χ3n) is 2.88. The van der Waals surface area contributed by atoms with E-state index in [0.29, 0.717) is 0 Å². The number of nitrogen functional groups attached to an aromatic ring is 1. The summed E-state index contributed by atoms with van der Waals surface area (Å²) in [6, 6.07) is 16.9. The molecule has 2 aromatic rings. The van der Waals surface area contributed by atoms with E-state index in [9.17, 15) is 0 Å². The first-order chi connectivity index (χ1) is 8.33. The lowest BCUT2D eigenvalue weighted by Gasteiger charge is -2.05. The lowest BCUT2D eigenvalue weighted by molar-refractivity contribution is 0.922. The van der Waals surface area contributed by atoms with Crippen LogP contribution in [0.15, 0.2) is 48.5 Å². The summed E-state index contributed by atoms with van der Waals surface area (Å²) in [5, 5.41) is 0. The predicted octanol–water partition coefficient (Wildman–Crippen LogP) is 4.01. The Morgan fingerprint density at radius 1 is 0.889 bits per heavy atom. The second kappa shape index (κ2) is 7.04. The molecular weight excluding hydrogens is 244 g/mol. The van der Waals surface area contributed by atoms with Crippen LogP contribution in [0.2, 0.25) is 0 Å². The molecule has 3 heteroatoms. The molecule has 0 fully saturated rings. The minimum Gasteiger partial charge on any atom is -0.324 e. The Kier molecular flexibility index (Phi) is 5.69. The Hall–Kier alpha value is -1.51. The van der Waals surface area contributed by atoms with Gasteiger partial charge in [0, 0.05) is 5.69 Å². The van der Waals surface area contributed by atoms with Gasteiger partial charge in [0.2, 0.25) is 0 Å². The summed E-state index contributed by atoms with van der Waals surface area (Å²) in [7, 11) is 0. The van der Waals surface area contributed by atoms with Gasteiger partial charge in [-0.1, -0.05) is 49.7 Å². The fourth-order valence-electron chi connectivity index (χ4n) is 1.91. The van der Waals surface area contributed by atoms with Crippen LogP contribution in [0.3, 0.4) is 0 Å². The van der Waals surface area contributed by atoms with Gasteiger partial charge >= 0.3 is 0 Å². The van der Waals surface area contributed by atoms with Gasteiger partial charge in [0.15, 0.2) is 0 Å². The van der Waals surface area contributed by atoms with E-state index in [-0.39, 0.29) is 12.4 Å². The summed E-state index contributed by atoms with van der Waals surface area (Å²) < 4.78 is 0. The van der Waals surface area contributed by atoms with Crippen molar-refractivity contribution in [1.82, 2.24) is 0 Å². The summed E-state index contributed by atoms with van der Waals surface area (Å²) in [5.41, 5.74) is 7.42. The molecule has 0 aliphatic carbocycles. The zero-order valence-electron chi connectivity index (χ0n) is 10.5. The van der Waals surface area contributed by atoms with Gasteiger partial charge in [-0.15, -0.1) is 12.4 Å². The minimum absolute atomic E-state index is 0. The van der Waals surface area contributed by atoms with E-state index in [0.717, 1.165) is 12.1 Å². The molecule has 0 aliphatic heterocycles. The lowest BCUT2D eigenvalue weighted by Crippen LogP contribution is -2.05. The highest BCUT2D eigenvalue weighted by molar-refractivity contribution is 5.85.